The number of anilines is 1. The zero-order valence-corrected chi connectivity index (χ0v) is 14.1. The molecule has 7 heteroatoms. The van der Waals surface area contributed by atoms with Crippen LogP contribution in [0.3, 0.4) is 0 Å². The molecule has 4 rings (SSSR count). The molecule has 2 aliphatic rings. The van der Waals surface area contributed by atoms with Crippen molar-refractivity contribution in [3.63, 3.8) is 0 Å². The van der Waals surface area contributed by atoms with Crippen LogP contribution in [0.1, 0.15) is 18.5 Å². The summed E-state index contributed by atoms with van der Waals surface area (Å²) >= 11 is 3.31. The largest absolute Gasteiger partial charge is 0.378 e. The third-order valence-corrected chi connectivity index (χ3v) is 4.53. The summed E-state index contributed by atoms with van der Waals surface area (Å²) in [6.07, 6.45) is 0.200. The zero-order chi connectivity index (χ0) is 16.7. The van der Waals surface area contributed by atoms with Crippen molar-refractivity contribution in [3.8, 4) is 0 Å². The molecule has 1 aromatic carbocycles. The molecule has 120 valence electrons. The summed E-state index contributed by atoms with van der Waals surface area (Å²) in [5.41, 5.74) is 0.473. The first kappa shape index (κ1) is 15.0. The topological polar surface area (TPSA) is 71.9 Å². The first-order chi connectivity index (χ1) is 11.6. The van der Waals surface area contributed by atoms with Crippen LogP contribution in [0.5, 0.6) is 0 Å². The second-order valence-corrected chi connectivity index (χ2v) is 6.50. The Labute approximate surface area is 146 Å². The molecule has 6 nitrogen and oxygen atoms in total. The molecule has 0 N–H and O–H groups in total. The fourth-order valence-electron chi connectivity index (χ4n) is 2.95. The average Bonchev–Trinajstić information content (AvgIpc) is 3.11. The van der Waals surface area contributed by atoms with E-state index >= 15 is 0 Å². The molecule has 0 radical (unpaired) electrons. The van der Waals surface area contributed by atoms with Gasteiger partial charge in [0.15, 0.2) is 0 Å². The van der Waals surface area contributed by atoms with E-state index < -0.39 is 5.60 Å². The number of carbonyl (C=O) groups is 2. The van der Waals surface area contributed by atoms with Gasteiger partial charge in [-0.3, -0.25) is 9.59 Å². The van der Waals surface area contributed by atoms with Gasteiger partial charge in [0.25, 0.3) is 5.91 Å². The molecule has 24 heavy (non-hydrogen) atoms. The van der Waals surface area contributed by atoms with Crippen molar-refractivity contribution in [3.05, 3.63) is 58.8 Å². The number of rotatable bonds is 2. The maximum absolute atomic E-state index is 12.9. The molecular weight excluding hydrogens is 374 g/mol. The first-order valence-electron chi connectivity index (χ1n) is 7.39. The van der Waals surface area contributed by atoms with Crippen LogP contribution in [0.2, 0.25) is 0 Å². The van der Waals surface area contributed by atoms with Crippen LogP contribution in [0, 0.1) is 0 Å². The van der Waals surface area contributed by atoms with Crippen LogP contribution in [-0.4, -0.2) is 28.1 Å². The lowest BCUT2D eigenvalue weighted by atomic mass is 9.94. The number of amides is 2. The van der Waals surface area contributed by atoms with Gasteiger partial charge in [-0.1, -0.05) is 29.4 Å². The van der Waals surface area contributed by atoms with Gasteiger partial charge >= 0.3 is 0 Å². The lowest BCUT2D eigenvalue weighted by Gasteiger charge is -2.19. The number of nitrogens with zero attached hydrogens (tertiary/aromatic N) is 3. The molecule has 0 saturated carbocycles. The molecule has 2 amide bonds. The minimum atomic E-state index is -1.26. The molecule has 1 fully saturated rings. The van der Waals surface area contributed by atoms with Crippen LogP contribution in [0.4, 0.5) is 5.69 Å². The van der Waals surface area contributed by atoms with Crippen LogP contribution >= 0.6 is 15.9 Å². The van der Waals surface area contributed by atoms with Crippen molar-refractivity contribution in [2.75, 3.05) is 4.90 Å². The quantitative estimate of drug-likeness (QED) is 0.588. The van der Waals surface area contributed by atoms with Gasteiger partial charge in [-0.15, -0.1) is 0 Å². The highest BCUT2D eigenvalue weighted by Gasteiger charge is 2.58. The van der Waals surface area contributed by atoms with Crippen molar-refractivity contribution in [2.45, 2.75) is 18.4 Å². The van der Waals surface area contributed by atoms with E-state index in [2.05, 4.69) is 26.1 Å². The number of halogens is 1. The van der Waals surface area contributed by atoms with E-state index in [4.69, 9.17) is 4.84 Å². The number of carbonyl (C=O) groups excluding carboxylic acids is 2. The second-order valence-electron chi connectivity index (χ2n) is 5.69. The Bertz CT molecular complexity index is 868. The Hall–Kier alpha value is -2.54. The van der Waals surface area contributed by atoms with Crippen molar-refractivity contribution in [1.82, 2.24) is 4.98 Å². The van der Waals surface area contributed by atoms with Gasteiger partial charge in [-0.25, -0.2) is 9.88 Å². The standard InChI is InChI=1S/C17H12BrN3O3/c18-14-8-4-7-12(19-14)13-9-17(24-20-13)10-15(22)21(16(17)23)11-5-2-1-3-6-11/h1-8H,9-10H2/t17-/m0/s1. The van der Waals surface area contributed by atoms with Crippen molar-refractivity contribution >= 4 is 39.1 Å². The van der Waals surface area contributed by atoms with Gasteiger partial charge in [0.05, 0.1) is 17.8 Å². The second kappa shape index (κ2) is 5.52. The third kappa shape index (κ3) is 2.32. The normalized spacial score (nSPS) is 22.9. The number of hydrogen-bond donors (Lipinski definition) is 0. The predicted molar refractivity (Wildman–Crippen MR) is 90.5 cm³/mol. The molecule has 1 saturated heterocycles. The molecule has 1 atom stereocenters. The summed E-state index contributed by atoms with van der Waals surface area (Å²) in [5, 5.41) is 4.03. The number of imide groups is 1. The fourth-order valence-corrected chi connectivity index (χ4v) is 3.29. The maximum Gasteiger partial charge on any atom is 0.281 e. The van der Waals surface area contributed by atoms with Crippen molar-refractivity contribution in [2.24, 2.45) is 5.16 Å². The van der Waals surface area contributed by atoms with Gasteiger partial charge < -0.3 is 4.84 Å². The van der Waals surface area contributed by atoms with E-state index in [0.717, 1.165) is 0 Å². The number of hydrogen-bond acceptors (Lipinski definition) is 5. The number of aromatic nitrogens is 1. The summed E-state index contributed by atoms with van der Waals surface area (Å²) < 4.78 is 0.670. The molecule has 2 aromatic rings. The van der Waals surface area contributed by atoms with Crippen LogP contribution in [0.15, 0.2) is 58.3 Å². The molecular formula is C17H12BrN3O3. The average molecular weight is 386 g/mol. The molecule has 0 unspecified atom stereocenters. The van der Waals surface area contributed by atoms with E-state index in [0.29, 0.717) is 21.7 Å². The van der Waals surface area contributed by atoms with Gasteiger partial charge in [0.1, 0.15) is 10.3 Å². The summed E-state index contributed by atoms with van der Waals surface area (Å²) in [5.74, 6) is -0.669. The number of para-hydroxylation sites is 1. The SMILES string of the molecule is O=C1C[C@@]2(CC(c3cccc(Br)n3)=NO2)C(=O)N1c1ccccc1. The highest BCUT2D eigenvalue weighted by atomic mass is 79.9. The smallest absolute Gasteiger partial charge is 0.281 e. The summed E-state index contributed by atoms with van der Waals surface area (Å²) in [6, 6.07) is 14.3. The van der Waals surface area contributed by atoms with Crippen molar-refractivity contribution in [1.29, 1.82) is 0 Å². The monoisotopic (exact) mass is 385 g/mol. The Balaban J connectivity index is 1.62. The molecule has 1 spiro atoms. The van der Waals surface area contributed by atoms with Crippen LogP contribution in [-0.2, 0) is 14.4 Å². The van der Waals surface area contributed by atoms with E-state index in [1.807, 2.05) is 12.1 Å². The van der Waals surface area contributed by atoms with Gasteiger partial charge in [-0.2, -0.15) is 0 Å². The predicted octanol–water partition coefficient (Wildman–Crippen LogP) is 2.67. The number of oxime groups is 1. The Kier molecular flexibility index (Phi) is 3.45. The molecule has 1 aromatic heterocycles. The summed E-state index contributed by atoms with van der Waals surface area (Å²) in [4.78, 5) is 36.2. The highest BCUT2D eigenvalue weighted by molar-refractivity contribution is 9.10. The van der Waals surface area contributed by atoms with Gasteiger partial charge in [-0.05, 0) is 40.2 Å². The molecule has 0 bridgehead atoms. The minimum absolute atomic E-state index is 0.0261. The molecule has 0 aliphatic carbocycles. The molecule has 2 aliphatic heterocycles. The first-order valence-corrected chi connectivity index (χ1v) is 8.19. The minimum Gasteiger partial charge on any atom is -0.378 e. The Morgan fingerprint density at radius 1 is 1.04 bits per heavy atom. The van der Waals surface area contributed by atoms with Crippen LogP contribution < -0.4 is 4.90 Å². The Morgan fingerprint density at radius 2 is 1.83 bits per heavy atom. The van der Waals surface area contributed by atoms with Gasteiger partial charge in [0, 0.05) is 6.42 Å². The Morgan fingerprint density at radius 3 is 2.58 bits per heavy atom. The van der Waals surface area contributed by atoms with E-state index in [-0.39, 0.29) is 24.7 Å². The van der Waals surface area contributed by atoms with E-state index in [9.17, 15) is 9.59 Å². The van der Waals surface area contributed by atoms with E-state index in [1.54, 1.807) is 36.4 Å². The highest BCUT2D eigenvalue weighted by Crippen LogP contribution is 2.39. The van der Waals surface area contributed by atoms with Gasteiger partial charge in [0.2, 0.25) is 11.5 Å². The number of pyridine rings is 1. The summed E-state index contributed by atoms with van der Waals surface area (Å²) in [7, 11) is 0. The van der Waals surface area contributed by atoms with E-state index in [1.165, 1.54) is 4.90 Å². The van der Waals surface area contributed by atoms with Crippen molar-refractivity contribution < 1.29 is 14.4 Å². The van der Waals surface area contributed by atoms with Crippen LogP contribution in [0.25, 0.3) is 0 Å². The zero-order valence-electron chi connectivity index (χ0n) is 12.5. The lowest BCUT2D eigenvalue weighted by molar-refractivity contribution is -0.136. The third-order valence-electron chi connectivity index (χ3n) is 4.09. The molecule has 3 heterocycles. The summed E-state index contributed by atoms with van der Waals surface area (Å²) in [6.45, 7) is 0. The lowest BCUT2D eigenvalue weighted by Crippen LogP contribution is -2.40. The maximum atomic E-state index is 12.9. The fraction of sp³-hybridized carbons (Fsp3) is 0.176. The number of benzene rings is 1.